The number of hydrogen-bond donors (Lipinski definition) is 2. The molecule has 1 heterocycles. The molecule has 1 aliphatic rings. The van der Waals surface area contributed by atoms with Crippen LogP contribution in [0.4, 0.5) is 5.69 Å². The minimum absolute atomic E-state index is 0.0644. The smallest absolute Gasteiger partial charge is 0.274 e. The first-order chi connectivity index (χ1) is 12.9. The Bertz CT molecular complexity index is 861. The van der Waals surface area contributed by atoms with Gasteiger partial charge in [-0.25, -0.2) is 13.6 Å². The molecule has 28 heavy (non-hydrogen) atoms. The maximum Gasteiger partial charge on any atom is 0.274 e. The lowest BCUT2D eigenvalue weighted by molar-refractivity contribution is -0.385. The van der Waals surface area contributed by atoms with Gasteiger partial charge in [0.1, 0.15) is 0 Å². The second kappa shape index (κ2) is 8.54. The first kappa shape index (κ1) is 22.3. The van der Waals surface area contributed by atoms with E-state index in [4.69, 9.17) is 5.14 Å². The Hall–Kier alpha value is -2.04. The van der Waals surface area contributed by atoms with Gasteiger partial charge in [-0.2, -0.15) is 0 Å². The number of carbonyl (C=O) groups excluding carboxylic acids is 1. The number of carbonyl (C=O) groups is 1. The number of primary sulfonamides is 1. The summed E-state index contributed by atoms with van der Waals surface area (Å²) in [6.45, 7) is 10.2. The van der Waals surface area contributed by atoms with Crippen molar-refractivity contribution in [3.05, 3.63) is 33.4 Å². The van der Waals surface area contributed by atoms with Gasteiger partial charge in [0.2, 0.25) is 10.0 Å². The first-order valence-electron chi connectivity index (χ1n) is 9.23. The maximum absolute atomic E-state index is 12.7. The molecule has 0 bridgehead atoms. The van der Waals surface area contributed by atoms with Crippen molar-refractivity contribution in [2.24, 2.45) is 17.0 Å². The van der Waals surface area contributed by atoms with Crippen molar-refractivity contribution >= 4 is 21.6 Å². The van der Waals surface area contributed by atoms with Gasteiger partial charge in [-0.3, -0.25) is 14.9 Å². The highest BCUT2D eigenvalue weighted by Crippen LogP contribution is 2.26. The van der Waals surface area contributed by atoms with E-state index in [1.165, 1.54) is 13.3 Å². The number of nitrogens with one attached hydrogen (secondary N) is 1. The lowest BCUT2D eigenvalue weighted by Gasteiger charge is -2.36. The van der Waals surface area contributed by atoms with E-state index in [0.717, 1.165) is 25.2 Å². The largest absolute Gasteiger partial charge is 0.348 e. The topological polar surface area (TPSA) is 136 Å². The molecule has 1 fully saturated rings. The number of amides is 1. The van der Waals surface area contributed by atoms with Gasteiger partial charge in [-0.15, -0.1) is 0 Å². The molecular formula is C18H28N4O5S. The average molecular weight is 413 g/mol. The summed E-state index contributed by atoms with van der Waals surface area (Å²) >= 11 is 0. The number of sulfonamides is 1. The Balaban J connectivity index is 2.21. The Morgan fingerprint density at radius 1 is 1.36 bits per heavy atom. The molecule has 1 aromatic rings. The summed E-state index contributed by atoms with van der Waals surface area (Å²) in [6, 6.07) is 1.76. The van der Waals surface area contributed by atoms with Crippen molar-refractivity contribution in [2.75, 3.05) is 19.6 Å². The quantitative estimate of drug-likeness (QED) is 0.538. The summed E-state index contributed by atoms with van der Waals surface area (Å²) in [5.74, 6) is 0.614. The van der Waals surface area contributed by atoms with E-state index in [1.807, 2.05) is 6.92 Å². The van der Waals surface area contributed by atoms with E-state index >= 15 is 0 Å². The zero-order valence-electron chi connectivity index (χ0n) is 16.6. The van der Waals surface area contributed by atoms with Crippen molar-refractivity contribution in [1.29, 1.82) is 0 Å². The van der Waals surface area contributed by atoms with Crippen LogP contribution >= 0.6 is 0 Å². The highest BCUT2D eigenvalue weighted by Gasteiger charge is 2.26. The zero-order chi connectivity index (χ0) is 21.2. The second-order valence-electron chi connectivity index (χ2n) is 7.96. The molecule has 0 unspecified atom stereocenters. The maximum atomic E-state index is 12.7. The van der Waals surface area contributed by atoms with Gasteiger partial charge in [0.25, 0.3) is 11.6 Å². The molecule has 10 heteroatoms. The van der Waals surface area contributed by atoms with Gasteiger partial charge in [-0.05, 0) is 38.2 Å². The normalized spacial score (nSPS) is 21.9. The number of nitrogens with two attached hydrogens (primary N) is 1. The van der Waals surface area contributed by atoms with Crippen molar-refractivity contribution in [3.63, 3.8) is 0 Å². The number of nitro benzene ring substituents is 1. The van der Waals surface area contributed by atoms with E-state index in [-0.39, 0.29) is 17.2 Å². The highest BCUT2D eigenvalue weighted by atomic mass is 32.2. The van der Waals surface area contributed by atoms with Crippen molar-refractivity contribution in [3.8, 4) is 0 Å². The molecular weight excluding hydrogens is 384 g/mol. The van der Waals surface area contributed by atoms with E-state index in [1.54, 1.807) is 0 Å². The van der Waals surface area contributed by atoms with Crippen LogP contribution in [0.3, 0.4) is 0 Å². The summed E-state index contributed by atoms with van der Waals surface area (Å²) in [4.78, 5) is 25.1. The fourth-order valence-corrected chi connectivity index (χ4v) is 4.50. The summed E-state index contributed by atoms with van der Waals surface area (Å²) < 4.78 is 23.3. The molecule has 2 rings (SSSR count). The molecule has 1 aliphatic heterocycles. The number of nitro groups is 1. The second-order valence-corrected chi connectivity index (χ2v) is 9.52. The molecule has 0 aromatic heterocycles. The summed E-state index contributed by atoms with van der Waals surface area (Å²) in [5, 5.41) is 19.2. The number of rotatable bonds is 6. The minimum Gasteiger partial charge on any atom is -0.348 e. The lowest BCUT2D eigenvalue weighted by atomic mass is 9.91. The van der Waals surface area contributed by atoms with Crippen LogP contribution in [0.15, 0.2) is 17.0 Å². The summed E-state index contributed by atoms with van der Waals surface area (Å²) in [7, 11) is -4.19. The Morgan fingerprint density at radius 3 is 2.43 bits per heavy atom. The molecule has 0 spiro atoms. The lowest BCUT2D eigenvalue weighted by Crippen LogP contribution is -2.47. The molecule has 0 radical (unpaired) electrons. The summed E-state index contributed by atoms with van der Waals surface area (Å²) in [6.07, 6.45) is 1.18. The van der Waals surface area contributed by atoms with Gasteiger partial charge < -0.3 is 10.2 Å². The highest BCUT2D eigenvalue weighted by molar-refractivity contribution is 7.89. The predicted molar refractivity (Wildman–Crippen MR) is 106 cm³/mol. The van der Waals surface area contributed by atoms with E-state index in [9.17, 15) is 23.3 Å². The van der Waals surface area contributed by atoms with Crippen LogP contribution in [0.25, 0.3) is 0 Å². The molecule has 0 saturated carbocycles. The fourth-order valence-electron chi connectivity index (χ4n) is 3.94. The molecule has 1 aromatic carbocycles. The fraction of sp³-hybridized carbons (Fsp3) is 0.611. The van der Waals surface area contributed by atoms with Crippen LogP contribution in [-0.4, -0.2) is 49.8 Å². The van der Waals surface area contributed by atoms with Gasteiger partial charge >= 0.3 is 0 Å². The number of hydrogen-bond acceptors (Lipinski definition) is 6. The molecule has 0 aliphatic carbocycles. The van der Waals surface area contributed by atoms with Crippen LogP contribution in [0, 0.1) is 28.9 Å². The SMILES string of the molecule is Cc1c(C(=O)N[C@H](C)CN2C[C@H](C)C[C@H](C)C2)cc(S(N)(=O)=O)cc1[N+](=O)[O-]. The standard InChI is InChI=1S/C18H28N4O5S/c1-11-5-12(2)9-21(8-11)10-13(3)20-18(23)16-6-15(28(19,26)27)7-17(14(16)4)22(24)25/h6-7,11-13H,5,8-10H2,1-4H3,(H,20,23)(H2,19,26,27)/t11-,12+,13-/m1/s1. The Morgan fingerprint density at radius 2 is 1.93 bits per heavy atom. The predicted octanol–water partition coefficient (Wildman–Crippen LogP) is 1.65. The number of benzene rings is 1. The van der Waals surface area contributed by atoms with Crippen LogP contribution < -0.4 is 10.5 Å². The first-order valence-corrected chi connectivity index (χ1v) is 10.8. The number of likely N-dealkylation sites (tertiary alicyclic amines) is 1. The van der Waals surface area contributed by atoms with Gasteiger partial charge in [0, 0.05) is 37.3 Å². The molecule has 1 amide bonds. The minimum atomic E-state index is -4.19. The molecule has 3 N–H and O–H groups in total. The van der Waals surface area contributed by atoms with E-state index in [2.05, 4.69) is 24.1 Å². The zero-order valence-corrected chi connectivity index (χ0v) is 17.5. The average Bonchev–Trinajstić information content (AvgIpc) is 2.52. The third-order valence-corrected chi connectivity index (χ3v) is 5.87. The Kier molecular flexibility index (Phi) is 6.79. The van der Waals surface area contributed by atoms with Crippen molar-refractivity contribution in [1.82, 2.24) is 10.2 Å². The molecule has 1 saturated heterocycles. The molecule has 3 atom stereocenters. The number of nitrogens with zero attached hydrogens (tertiary/aromatic N) is 2. The Labute approximate surface area is 165 Å². The van der Waals surface area contributed by atoms with E-state index in [0.29, 0.717) is 18.4 Å². The van der Waals surface area contributed by atoms with Gasteiger partial charge in [0.15, 0.2) is 0 Å². The summed E-state index contributed by atoms with van der Waals surface area (Å²) in [5.41, 5.74) is -0.421. The van der Waals surface area contributed by atoms with Gasteiger partial charge in [-0.1, -0.05) is 13.8 Å². The van der Waals surface area contributed by atoms with Crippen LogP contribution in [-0.2, 0) is 10.0 Å². The molecule has 156 valence electrons. The van der Waals surface area contributed by atoms with Crippen LogP contribution in [0.2, 0.25) is 0 Å². The van der Waals surface area contributed by atoms with Crippen LogP contribution in [0.1, 0.15) is 43.1 Å². The van der Waals surface area contributed by atoms with Crippen LogP contribution in [0.5, 0.6) is 0 Å². The van der Waals surface area contributed by atoms with Crippen molar-refractivity contribution in [2.45, 2.75) is 45.1 Å². The van der Waals surface area contributed by atoms with Gasteiger partial charge in [0.05, 0.1) is 15.4 Å². The third-order valence-electron chi connectivity index (χ3n) is 4.98. The number of piperidine rings is 1. The van der Waals surface area contributed by atoms with E-state index < -0.39 is 31.4 Å². The van der Waals surface area contributed by atoms with Crippen molar-refractivity contribution < 1.29 is 18.1 Å². The monoisotopic (exact) mass is 412 g/mol. The molecule has 9 nitrogen and oxygen atoms in total. The third kappa shape index (κ3) is 5.49.